The Labute approximate surface area is 235 Å². The number of carbonyl (C=O) groups excluding carboxylic acids is 3. The number of amides is 3. The molecule has 8 atom stereocenters. The van der Waals surface area contributed by atoms with E-state index < -0.39 is 28.7 Å². The Kier molecular flexibility index (Phi) is 8.06. The van der Waals surface area contributed by atoms with Crippen LogP contribution in [0.1, 0.15) is 44.7 Å². The van der Waals surface area contributed by atoms with Crippen molar-refractivity contribution in [3.05, 3.63) is 71.8 Å². The van der Waals surface area contributed by atoms with Crippen LogP contribution in [0.25, 0.3) is 0 Å². The summed E-state index contributed by atoms with van der Waals surface area (Å²) in [6.07, 6.45) is 1.54. The largest absolute Gasteiger partial charge is 0.394 e. The second kappa shape index (κ2) is 11.3. The number of carbonyl (C=O) groups is 3. The molecule has 0 radical (unpaired) electrons. The Morgan fingerprint density at radius 2 is 1.59 bits per heavy atom. The first-order valence-electron chi connectivity index (χ1n) is 14.1. The van der Waals surface area contributed by atoms with Crippen molar-refractivity contribution in [1.82, 2.24) is 15.5 Å². The van der Waals surface area contributed by atoms with Gasteiger partial charge in [-0.15, -0.1) is 11.8 Å². The van der Waals surface area contributed by atoms with Gasteiger partial charge >= 0.3 is 0 Å². The van der Waals surface area contributed by atoms with E-state index in [4.69, 9.17) is 0 Å². The fourth-order valence-corrected chi connectivity index (χ4v) is 9.42. The lowest BCUT2D eigenvalue weighted by atomic mass is 9.66. The van der Waals surface area contributed by atoms with Crippen LogP contribution in [0.15, 0.2) is 60.7 Å². The molecule has 0 aromatic heterocycles. The van der Waals surface area contributed by atoms with Crippen LogP contribution < -0.4 is 10.6 Å². The van der Waals surface area contributed by atoms with E-state index in [1.165, 1.54) is 0 Å². The zero-order valence-corrected chi connectivity index (χ0v) is 23.7. The van der Waals surface area contributed by atoms with Gasteiger partial charge in [-0.25, -0.2) is 0 Å². The maximum Gasteiger partial charge on any atom is 0.244 e. The van der Waals surface area contributed by atoms with E-state index in [0.717, 1.165) is 24.0 Å². The van der Waals surface area contributed by atoms with Gasteiger partial charge in [0.15, 0.2) is 0 Å². The molecule has 7 nitrogen and oxygen atoms in total. The summed E-state index contributed by atoms with van der Waals surface area (Å²) in [7, 11) is 0. The van der Waals surface area contributed by atoms with Crippen LogP contribution in [0.2, 0.25) is 0 Å². The molecule has 3 aliphatic heterocycles. The normalized spacial score (nSPS) is 30.6. The van der Waals surface area contributed by atoms with E-state index in [0.29, 0.717) is 13.1 Å². The molecule has 2 bridgehead atoms. The van der Waals surface area contributed by atoms with Crippen LogP contribution in [0.5, 0.6) is 0 Å². The molecule has 39 heavy (non-hydrogen) atoms. The van der Waals surface area contributed by atoms with Crippen molar-refractivity contribution in [2.45, 2.75) is 68.8 Å². The van der Waals surface area contributed by atoms with E-state index in [-0.39, 0.29) is 41.4 Å². The van der Waals surface area contributed by atoms with Gasteiger partial charge in [-0.05, 0) is 29.4 Å². The first-order valence-corrected chi connectivity index (χ1v) is 15.0. The Balaban J connectivity index is 1.47. The topological polar surface area (TPSA) is 98.7 Å². The molecule has 3 amide bonds. The standard InChI is InChI=1S/C31H39N3O4S/c1-4-19(2)23(18-35)34-27(29(37)33-17-22-13-9-6-10-14-22)31-20(3)15-24(39-31)25(26(31)30(34)38)28(36)32-16-21-11-7-5-8-12-21/h5-14,19-20,23-27,35H,4,15-18H2,1-3H3,(H,32,36)(H,33,37)/t19-,20?,23-,24+,25-,26-,27?,31?/m0/s1. The maximum atomic E-state index is 14.4. The van der Waals surface area contributed by atoms with Crippen molar-refractivity contribution in [2.24, 2.45) is 23.7 Å². The van der Waals surface area contributed by atoms with Crippen molar-refractivity contribution in [3.63, 3.8) is 0 Å². The Hall–Kier alpha value is -2.84. The van der Waals surface area contributed by atoms with E-state index in [9.17, 15) is 19.5 Å². The Morgan fingerprint density at radius 3 is 2.13 bits per heavy atom. The summed E-state index contributed by atoms with van der Waals surface area (Å²) >= 11 is 1.66. The minimum Gasteiger partial charge on any atom is -0.394 e. The minimum atomic E-state index is -0.748. The molecule has 8 heteroatoms. The number of nitrogens with zero attached hydrogens (tertiary/aromatic N) is 1. The second-order valence-corrected chi connectivity index (χ2v) is 12.9. The lowest BCUT2D eigenvalue weighted by molar-refractivity contribution is -0.144. The molecule has 5 rings (SSSR count). The van der Waals surface area contributed by atoms with E-state index in [2.05, 4.69) is 17.6 Å². The van der Waals surface area contributed by atoms with Gasteiger partial charge in [-0.3, -0.25) is 14.4 Å². The highest BCUT2D eigenvalue weighted by molar-refractivity contribution is 8.02. The number of benzene rings is 2. The summed E-state index contributed by atoms with van der Waals surface area (Å²) in [5, 5.41) is 16.6. The average molecular weight is 550 g/mol. The average Bonchev–Trinajstić information content (AvgIpc) is 3.55. The molecule has 3 unspecified atom stereocenters. The summed E-state index contributed by atoms with van der Waals surface area (Å²) in [6.45, 7) is 6.68. The predicted molar refractivity (Wildman–Crippen MR) is 152 cm³/mol. The smallest absolute Gasteiger partial charge is 0.244 e. The van der Waals surface area contributed by atoms with Gasteiger partial charge in [0, 0.05) is 18.3 Å². The van der Waals surface area contributed by atoms with Crippen LogP contribution in [-0.2, 0) is 27.5 Å². The molecular formula is C31H39N3O4S. The molecule has 2 aromatic rings. The van der Waals surface area contributed by atoms with Crippen LogP contribution in [-0.4, -0.2) is 56.4 Å². The van der Waals surface area contributed by atoms with Crippen molar-refractivity contribution in [1.29, 1.82) is 0 Å². The summed E-state index contributed by atoms with van der Waals surface area (Å²) in [4.78, 5) is 43.8. The Bertz CT molecular complexity index is 1190. The molecule has 0 aliphatic carbocycles. The van der Waals surface area contributed by atoms with E-state index >= 15 is 0 Å². The summed E-state index contributed by atoms with van der Waals surface area (Å²) in [6, 6.07) is 18.2. The zero-order chi connectivity index (χ0) is 27.7. The van der Waals surface area contributed by atoms with Gasteiger partial charge in [0.05, 0.1) is 29.2 Å². The third-order valence-electron chi connectivity index (χ3n) is 9.20. The van der Waals surface area contributed by atoms with Crippen molar-refractivity contribution in [3.8, 4) is 0 Å². The fourth-order valence-electron chi connectivity index (χ4n) is 7.02. The maximum absolute atomic E-state index is 14.4. The van der Waals surface area contributed by atoms with Gasteiger partial charge in [0.25, 0.3) is 0 Å². The van der Waals surface area contributed by atoms with E-state index in [1.54, 1.807) is 16.7 Å². The SMILES string of the molecule is CC[C@H](C)[C@H](CO)N1C(=O)[C@@H]2[C@@H](C(=O)NCc3ccccc3)[C@H]3CC(C)C2(S3)C1C(=O)NCc1ccccc1. The highest BCUT2D eigenvalue weighted by Crippen LogP contribution is 2.68. The van der Waals surface area contributed by atoms with Crippen LogP contribution >= 0.6 is 11.8 Å². The number of aliphatic hydroxyl groups is 1. The molecule has 3 N–H and O–H groups in total. The van der Waals surface area contributed by atoms with Gasteiger partial charge in [-0.2, -0.15) is 0 Å². The first kappa shape index (κ1) is 27.7. The Morgan fingerprint density at radius 1 is 1.03 bits per heavy atom. The lowest BCUT2D eigenvalue weighted by Gasteiger charge is -2.41. The molecule has 3 aliphatic rings. The molecule has 208 valence electrons. The monoisotopic (exact) mass is 549 g/mol. The van der Waals surface area contributed by atoms with Crippen LogP contribution in [0, 0.1) is 23.7 Å². The van der Waals surface area contributed by atoms with Crippen molar-refractivity contribution in [2.75, 3.05) is 6.61 Å². The van der Waals surface area contributed by atoms with Gasteiger partial charge in [0.2, 0.25) is 17.7 Å². The molecule has 1 spiro atoms. The third-order valence-corrected chi connectivity index (χ3v) is 11.3. The quantitative estimate of drug-likeness (QED) is 0.422. The molecule has 3 saturated heterocycles. The number of nitrogens with one attached hydrogen (secondary N) is 2. The number of aliphatic hydroxyl groups excluding tert-OH is 1. The third kappa shape index (κ3) is 4.76. The van der Waals surface area contributed by atoms with Gasteiger partial charge in [-0.1, -0.05) is 87.9 Å². The predicted octanol–water partition coefficient (Wildman–Crippen LogP) is 3.36. The van der Waals surface area contributed by atoms with E-state index in [1.807, 2.05) is 74.5 Å². The van der Waals surface area contributed by atoms with Crippen molar-refractivity contribution < 1.29 is 19.5 Å². The van der Waals surface area contributed by atoms with Gasteiger partial charge < -0.3 is 20.6 Å². The molecule has 0 saturated carbocycles. The summed E-state index contributed by atoms with van der Waals surface area (Å²) < 4.78 is -0.710. The second-order valence-electron chi connectivity index (χ2n) is 11.3. The van der Waals surface area contributed by atoms with Crippen LogP contribution in [0.4, 0.5) is 0 Å². The highest BCUT2D eigenvalue weighted by Gasteiger charge is 2.76. The van der Waals surface area contributed by atoms with Crippen molar-refractivity contribution >= 4 is 29.5 Å². The number of hydrogen-bond acceptors (Lipinski definition) is 5. The molecule has 3 heterocycles. The number of hydrogen-bond donors (Lipinski definition) is 3. The lowest BCUT2D eigenvalue weighted by Crippen LogP contribution is -2.59. The first-order chi connectivity index (χ1) is 18.8. The fraction of sp³-hybridized carbons (Fsp3) is 0.516. The number of fused-ring (bicyclic) bond motifs is 1. The van der Waals surface area contributed by atoms with Gasteiger partial charge in [0.1, 0.15) is 6.04 Å². The molecule has 2 aromatic carbocycles. The summed E-state index contributed by atoms with van der Waals surface area (Å²) in [5.41, 5.74) is 1.98. The van der Waals surface area contributed by atoms with Crippen LogP contribution in [0.3, 0.4) is 0 Å². The highest BCUT2D eigenvalue weighted by atomic mass is 32.2. The molecule has 3 fully saturated rings. The minimum absolute atomic E-state index is 0.00135. The zero-order valence-electron chi connectivity index (χ0n) is 22.9. The number of thioether (sulfide) groups is 1. The molecular weight excluding hydrogens is 510 g/mol. The number of likely N-dealkylation sites (tertiary alicyclic amines) is 1. The number of rotatable bonds is 10. The summed E-state index contributed by atoms with van der Waals surface area (Å²) in [5.74, 6) is -1.53.